The Balaban J connectivity index is 2.65. The molecule has 1 aromatic heterocycles. The highest BCUT2D eigenvalue weighted by Crippen LogP contribution is 2.35. The molecule has 112 valence electrons. The van der Waals surface area contributed by atoms with Crippen molar-refractivity contribution in [1.82, 2.24) is 0 Å². The van der Waals surface area contributed by atoms with Crippen LogP contribution in [0.25, 0.3) is 12.2 Å². The number of nitro benzene ring substituents is 3. The molecule has 9 nitrogen and oxygen atoms in total. The first-order valence-corrected chi connectivity index (χ1v) is 6.66. The summed E-state index contributed by atoms with van der Waals surface area (Å²) in [4.78, 5) is 30.2. The third kappa shape index (κ3) is 3.12. The molecular weight excluding hydrogens is 314 g/mol. The third-order valence-corrected chi connectivity index (χ3v) is 3.41. The highest BCUT2D eigenvalue weighted by atomic mass is 32.1. The fourth-order valence-electron chi connectivity index (χ4n) is 1.74. The molecule has 0 aliphatic rings. The fourth-order valence-corrected chi connectivity index (χ4v) is 2.36. The van der Waals surface area contributed by atoms with Gasteiger partial charge in [-0.2, -0.15) is 11.3 Å². The van der Waals surface area contributed by atoms with E-state index in [1.54, 1.807) is 16.8 Å². The van der Waals surface area contributed by atoms with Gasteiger partial charge in [0.2, 0.25) is 0 Å². The van der Waals surface area contributed by atoms with E-state index in [0.29, 0.717) is 17.7 Å². The Bertz CT molecular complexity index is 749. The minimum atomic E-state index is -0.910. The Labute approximate surface area is 126 Å². The van der Waals surface area contributed by atoms with Gasteiger partial charge in [0, 0.05) is 0 Å². The number of non-ortho nitro benzene ring substituents is 1. The number of nitro groups is 3. The van der Waals surface area contributed by atoms with Gasteiger partial charge in [-0.1, -0.05) is 6.08 Å². The summed E-state index contributed by atoms with van der Waals surface area (Å²) >= 11 is 1.39. The molecule has 0 radical (unpaired) electrons. The summed E-state index contributed by atoms with van der Waals surface area (Å²) in [5.41, 5.74) is -1.65. The first-order chi connectivity index (χ1) is 10.4. The van der Waals surface area contributed by atoms with Crippen LogP contribution >= 0.6 is 11.3 Å². The molecule has 22 heavy (non-hydrogen) atoms. The highest BCUT2D eigenvalue weighted by Gasteiger charge is 2.28. The van der Waals surface area contributed by atoms with Crippen LogP contribution in [-0.2, 0) is 0 Å². The van der Waals surface area contributed by atoms with Crippen LogP contribution in [-0.4, -0.2) is 14.8 Å². The van der Waals surface area contributed by atoms with Crippen LogP contribution in [0.5, 0.6) is 0 Å². The van der Waals surface area contributed by atoms with Gasteiger partial charge in [-0.3, -0.25) is 30.3 Å². The fraction of sp³-hybridized carbons (Fsp3) is 0. The van der Waals surface area contributed by atoms with Gasteiger partial charge < -0.3 is 0 Å². The lowest BCUT2D eigenvalue weighted by atomic mass is 10.1. The zero-order valence-corrected chi connectivity index (χ0v) is 11.6. The maximum atomic E-state index is 11.1. The van der Waals surface area contributed by atoms with Crippen LogP contribution < -0.4 is 0 Å². The lowest BCUT2D eigenvalue weighted by Crippen LogP contribution is -2.00. The molecule has 0 aliphatic carbocycles. The molecule has 0 atom stereocenters. The van der Waals surface area contributed by atoms with Crippen molar-refractivity contribution in [2.45, 2.75) is 0 Å². The second-order valence-electron chi connectivity index (χ2n) is 4.06. The van der Waals surface area contributed by atoms with Gasteiger partial charge in [0.1, 0.15) is 5.56 Å². The van der Waals surface area contributed by atoms with E-state index >= 15 is 0 Å². The summed E-state index contributed by atoms with van der Waals surface area (Å²) < 4.78 is 0. The number of thiophene rings is 1. The maximum Gasteiger partial charge on any atom is 0.290 e. The van der Waals surface area contributed by atoms with Crippen LogP contribution in [0.3, 0.4) is 0 Å². The number of rotatable bonds is 5. The van der Waals surface area contributed by atoms with Gasteiger partial charge >= 0.3 is 0 Å². The van der Waals surface area contributed by atoms with Crippen LogP contribution in [0.4, 0.5) is 17.1 Å². The van der Waals surface area contributed by atoms with Gasteiger partial charge in [-0.15, -0.1) is 0 Å². The minimum Gasteiger partial charge on any atom is -0.258 e. The molecule has 2 rings (SSSR count). The van der Waals surface area contributed by atoms with Crippen molar-refractivity contribution in [3.8, 4) is 0 Å². The van der Waals surface area contributed by atoms with Gasteiger partial charge in [0.25, 0.3) is 17.1 Å². The minimum absolute atomic E-state index is 0.285. The Morgan fingerprint density at radius 1 is 0.909 bits per heavy atom. The van der Waals surface area contributed by atoms with Gasteiger partial charge in [-0.25, -0.2) is 0 Å². The average molecular weight is 321 g/mol. The molecule has 0 bridgehead atoms. The molecule has 10 heteroatoms. The molecule has 0 amide bonds. The Morgan fingerprint density at radius 3 is 1.91 bits per heavy atom. The molecular formula is C12H7N3O6S. The summed E-state index contributed by atoms with van der Waals surface area (Å²) in [5, 5.41) is 36.4. The van der Waals surface area contributed by atoms with E-state index < -0.39 is 31.8 Å². The van der Waals surface area contributed by atoms with E-state index in [2.05, 4.69) is 0 Å². The van der Waals surface area contributed by atoms with Crippen molar-refractivity contribution in [2.75, 3.05) is 0 Å². The zero-order valence-electron chi connectivity index (χ0n) is 10.7. The zero-order chi connectivity index (χ0) is 16.3. The van der Waals surface area contributed by atoms with E-state index in [1.807, 2.05) is 0 Å². The smallest absolute Gasteiger partial charge is 0.258 e. The summed E-state index contributed by atoms with van der Waals surface area (Å²) in [6, 6.07) is 3.14. The molecule has 0 fully saturated rings. The van der Waals surface area contributed by atoms with Crippen LogP contribution in [0.15, 0.2) is 29.0 Å². The predicted octanol–water partition coefficient (Wildman–Crippen LogP) is 3.64. The number of benzene rings is 1. The molecule has 2 aromatic rings. The van der Waals surface area contributed by atoms with Crippen molar-refractivity contribution in [1.29, 1.82) is 0 Å². The second kappa shape index (κ2) is 6.10. The van der Waals surface area contributed by atoms with Crippen molar-refractivity contribution >= 4 is 40.6 Å². The number of hydrogen-bond donors (Lipinski definition) is 0. The molecule has 1 heterocycles. The maximum absolute atomic E-state index is 11.1. The van der Waals surface area contributed by atoms with E-state index in [0.717, 1.165) is 0 Å². The monoisotopic (exact) mass is 321 g/mol. The number of nitrogens with zero attached hydrogens (tertiary/aromatic N) is 3. The quantitative estimate of drug-likeness (QED) is 0.610. The summed E-state index contributed by atoms with van der Waals surface area (Å²) in [6.07, 6.45) is 2.68. The highest BCUT2D eigenvalue weighted by molar-refractivity contribution is 7.08. The lowest BCUT2D eigenvalue weighted by Gasteiger charge is -2.00. The SMILES string of the molecule is O=[N+]([O-])c1cc([N+](=O)[O-])c(/C=C/c2ccsc2)c([N+](=O)[O-])c1. The Hall–Kier alpha value is -3.14. The van der Waals surface area contributed by atoms with Crippen LogP contribution in [0.2, 0.25) is 0 Å². The van der Waals surface area contributed by atoms with Gasteiger partial charge in [-0.05, 0) is 28.5 Å². The van der Waals surface area contributed by atoms with E-state index in [9.17, 15) is 30.3 Å². The molecule has 0 spiro atoms. The van der Waals surface area contributed by atoms with Gasteiger partial charge in [0.05, 0.1) is 26.9 Å². The van der Waals surface area contributed by atoms with Crippen molar-refractivity contribution in [3.05, 3.63) is 70.4 Å². The largest absolute Gasteiger partial charge is 0.290 e. The molecule has 0 saturated carbocycles. The molecule has 0 N–H and O–H groups in total. The van der Waals surface area contributed by atoms with Crippen LogP contribution in [0.1, 0.15) is 11.1 Å². The predicted molar refractivity (Wildman–Crippen MR) is 79.7 cm³/mol. The number of hydrogen-bond acceptors (Lipinski definition) is 7. The Kier molecular flexibility index (Phi) is 4.23. The van der Waals surface area contributed by atoms with E-state index in [-0.39, 0.29) is 5.56 Å². The second-order valence-corrected chi connectivity index (χ2v) is 4.84. The standard InChI is InChI=1S/C12H7N3O6S/c16-13(17)9-5-11(14(18)19)10(12(6-9)15(20)21)2-1-8-3-4-22-7-8/h1-7H/b2-1+. The Morgan fingerprint density at radius 2 is 1.50 bits per heavy atom. The molecule has 0 aliphatic heterocycles. The first-order valence-electron chi connectivity index (χ1n) is 5.71. The van der Waals surface area contributed by atoms with Crippen LogP contribution in [0, 0.1) is 30.3 Å². The first kappa shape index (κ1) is 15.3. The van der Waals surface area contributed by atoms with Crippen molar-refractivity contribution in [3.63, 3.8) is 0 Å². The normalized spacial score (nSPS) is 10.7. The van der Waals surface area contributed by atoms with Crippen molar-refractivity contribution in [2.24, 2.45) is 0 Å². The van der Waals surface area contributed by atoms with E-state index in [4.69, 9.17) is 0 Å². The molecule has 1 aromatic carbocycles. The summed E-state index contributed by atoms with van der Waals surface area (Å²) in [7, 11) is 0. The molecule has 0 unspecified atom stereocenters. The summed E-state index contributed by atoms with van der Waals surface area (Å²) in [6.45, 7) is 0. The van der Waals surface area contributed by atoms with E-state index in [1.165, 1.54) is 23.5 Å². The average Bonchev–Trinajstić information content (AvgIpc) is 2.96. The summed E-state index contributed by atoms with van der Waals surface area (Å²) in [5.74, 6) is 0. The third-order valence-electron chi connectivity index (χ3n) is 2.71. The molecule has 0 saturated heterocycles. The lowest BCUT2D eigenvalue weighted by molar-refractivity contribution is -0.403. The topological polar surface area (TPSA) is 129 Å². The van der Waals surface area contributed by atoms with Gasteiger partial charge in [0.15, 0.2) is 0 Å². The van der Waals surface area contributed by atoms with Crippen molar-refractivity contribution < 1.29 is 14.8 Å².